The average molecular weight is 679 g/mol. The summed E-state index contributed by atoms with van der Waals surface area (Å²) in [7, 11) is 0. The molecule has 0 N–H and O–H groups in total. The molecular weight excluding hydrogens is 641 g/mol. The molecule has 53 heavy (non-hydrogen) atoms. The molecule has 0 atom stereocenters. The van der Waals surface area contributed by atoms with Crippen molar-refractivity contribution in [2.45, 2.75) is 37.5 Å². The second-order valence-corrected chi connectivity index (χ2v) is 16.8. The fourth-order valence-corrected chi connectivity index (χ4v) is 12.8. The van der Waals surface area contributed by atoms with Crippen LogP contribution in [-0.4, -0.2) is 0 Å². The van der Waals surface area contributed by atoms with Crippen molar-refractivity contribution in [1.29, 1.82) is 0 Å². The van der Waals surface area contributed by atoms with Crippen LogP contribution in [0.15, 0.2) is 150 Å². The largest absolute Gasteiger partial charge is 0.456 e. The number of rotatable bonds is 2. The standard InChI is InChI=1S/C52H38O/c1-2-11-36-32(10-1)21-23-44-50(36)41-22-20-33(29-45(41)52(44)34-25-30-24-31(27-34)28-35(52)26-30)48-37-12-3-5-14-39(37)49(40-15-6-4-13-38(40)48)43-17-9-19-47-51(43)42-16-7-8-18-46(42)53-47/h1-23,29-31,34-35H,24-28H2. The summed E-state index contributed by atoms with van der Waals surface area (Å²) < 4.78 is 6.42. The Balaban J connectivity index is 1.11. The van der Waals surface area contributed by atoms with Crippen LogP contribution in [0.2, 0.25) is 0 Å². The zero-order valence-corrected chi connectivity index (χ0v) is 29.6. The van der Waals surface area contributed by atoms with Crippen molar-refractivity contribution in [3.63, 3.8) is 0 Å². The van der Waals surface area contributed by atoms with E-state index in [2.05, 4.69) is 146 Å². The Hall–Kier alpha value is -5.66. The first kappa shape index (κ1) is 28.9. The molecule has 4 fully saturated rings. The minimum absolute atomic E-state index is 0.0989. The van der Waals surface area contributed by atoms with Gasteiger partial charge in [0, 0.05) is 16.2 Å². The first-order valence-corrected chi connectivity index (χ1v) is 19.8. The highest BCUT2D eigenvalue weighted by Crippen LogP contribution is 2.70. The molecule has 0 unspecified atom stereocenters. The van der Waals surface area contributed by atoms with E-state index in [1.54, 1.807) is 11.1 Å². The Labute approximate surface area is 308 Å². The van der Waals surface area contributed by atoms with Crippen molar-refractivity contribution in [1.82, 2.24) is 0 Å². The third-order valence-electron chi connectivity index (χ3n) is 14.4. The Kier molecular flexibility index (Phi) is 5.59. The summed E-state index contributed by atoms with van der Waals surface area (Å²) in [5.74, 6) is 3.26. The molecule has 9 aromatic rings. The van der Waals surface area contributed by atoms with E-state index >= 15 is 0 Å². The van der Waals surface area contributed by atoms with Crippen molar-refractivity contribution >= 4 is 54.3 Å². The van der Waals surface area contributed by atoms with Gasteiger partial charge in [-0.05, 0) is 151 Å². The van der Waals surface area contributed by atoms with E-state index in [9.17, 15) is 0 Å². The third-order valence-corrected chi connectivity index (χ3v) is 14.4. The fourth-order valence-electron chi connectivity index (χ4n) is 12.8. The summed E-state index contributed by atoms with van der Waals surface area (Å²) in [4.78, 5) is 0. The number of benzene rings is 8. The van der Waals surface area contributed by atoms with Crippen LogP contribution in [0.1, 0.15) is 43.2 Å². The summed E-state index contributed by atoms with van der Waals surface area (Å²) in [6, 6.07) is 55.1. The Morgan fingerprint density at radius 2 is 1.02 bits per heavy atom. The third kappa shape index (κ3) is 3.63. The lowest BCUT2D eigenvalue weighted by atomic mass is 9.43. The average Bonchev–Trinajstić information content (AvgIpc) is 3.73. The van der Waals surface area contributed by atoms with Crippen LogP contribution in [0.25, 0.3) is 87.6 Å². The molecule has 1 aromatic heterocycles. The maximum absolute atomic E-state index is 6.42. The maximum Gasteiger partial charge on any atom is 0.136 e. The molecule has 252 valence electrons. The van der Waals surface area contributed by atoms with Crippen molar-refractivity contribution in [2.75, 3.05) is 0 Å². The summed E-state index contributed by atoms with van der Waals surface area (Å²) in [5, 5.41) is 10.3. The summed E-state index contributed by atoms with van der Waals surface area (Å²) in [6.45, 7) is 0. The smallest absolute Gasteiger partial charge is 0.136 e. The van der Waals surface area contributed by atoms with E-state index in [4.69, 9.17) is 4.42 Å². The summed E-state index contributed by atoms with van der Waals surface area (Å²) >= 11 is 0. The second kappa shape index (κ2) is 10.3. The zero-order valence-electron chi connectivity index (χ0n) is 29.6. The van der Waals surface area contributed by atoms with Gasteiger partial charge in [0.05, 0.1) is 0 Å². The van der Waals surface area contributed by atoms with Crippen molar-refractivity contribution in [3.05, 3.63) is 157 Å². The number of fused-ring (bicyclic) bond motifs is 10. The molecule has 0 saturated heterocycles. The van der Waals surface area contributed by atoms with E-state index in [-0.39, 0.29) is 5.41 Å². The Morgan fingerprint density at radius 3 is 1.74 bits per heavy atom. The lowest BCUT2D eigenvalue weighted by Crippen LogP contribution is -2.55. The van der Waals surface area contributed by atoms with Gasteiger partial charge in [-0.2, -0.15) is 0 Å². The van der Waals surface area contributed by atoms with Gasteiger partial charge >= 0.3 is 0 Å². The topological polar surface area (TPSA) is 13.1 Å². The molecule has 1 spiro atoms. The minimum Gasteiger partial charge on any atom is -0.456 e. The molecule has 1 nitrogen and oxygen atoms in total. The fraction of sp³-hybridized carbons (Fsp3) is 0.192. The second-order valence-electron chi connectivity index (χ2n) is 16.8. The number of hydrogen-bond acceptors (Lipinski definition) is 1. The van der Waals surface area contributed by atoms with Gasteiger partial charge in [-0.1, -0.05) is 127 Å². The van der Waals surface area contributed by atoms with Gasteiger partial charge in [-0.15, -0.1) is 0 Å². The van der Waals surface area contributed by atoms with Crippen molar-refractivity contribution < 1.29 is 4.42 Å². The van der Waals surface area contributed by atoms with Crippen LogP contribution < -0.4 is 0 Å². The van der Waals surface area contributed by atoms with Gasteiger partial charge < -0.3 is 4.42 Å². The van der Waals surface area contributed by atoms with E-state index in [0.29, 0.717) is 0 Å². The van der Waals surface area contributed by atoms with E-state index in [0.717, 1.165) is 34.8 Å². The summed E-state index contributed by atoms with van der Waals surface area (Å²) in [5.41, 5.74) is 13.4. The molecule has 1 heteroatoms. The van der Waals surface area contributed by atoms with E-state index in [1.165, 1.54) is 109 Å². The molecule has 0 aliphatic heterocycles. The molecule has 5 aliphatic rings. The Bertz CT molecular complexity index is 2940. The summed E-state index contributed by atoms with van der Waals surface area (Å²) in [6.07, 6.45) is 7.01. The van der Waals surface area contributed by atoms with Crippen LogP contribution in [0.5, 0.6) is 0 Å². The van der Waals surface area contributed by atoms with Crippen LogP contribution in [0.4, 0.5) is 0 Å². The zero-order chi connectivity index (χ0) is 34.4. The molecule has 0 radical (unpaired) electrons. The molecular formula is C52H38O. The van der Waals surface area contributed by atoms with Gasteiger partial charge in [-0.3, -0.25) is 0 Å². The lowest BCUT2D eigenvalue weighted by molar-refractivity contribution is -0.0399. The minimum atomic E-state index is 0.0989. The first-order valence-electron chi connectivity index (χ1n) is 19.8. The molecule has 4 saturated carbocycles. The molecule has 5 aliphatic carbocycles. The van der Waals surface area contributed by atoms with Crippen LogP contribution in [-0.2, 0) is 5.41 Å². The van der Waals surface area contributed by atoms with Crippen LogP contribution in [0, 0.1) is 23.7 Å². The molecule has 1 heterocycles. The van der Waals surface area contributed by atoms with Crippen molar-refractivity contribution in [2.24, 2.45) is 23.7 Å². The normalized spacial score (nSPS) is 23.9. The van der Waals surface area contributed by atoms with Gasteiger partial charge in [0.2, 0.25) is 0 Å². The highest BCUT2D eigenvalue weighted by atomic mass is 16.3. The number of furan rings is 1. The number of hydrogen-bond donors (Lipinski definition) is 0. The monoisotopic (exact) mass is 678 g/mol. The first-order chi connectivity index (χ1) is 26.3. The van der Waals surface area contributed by atoms with Gasteiger partial charge in [0.1, 0.15) is 11.2 Å². The predicted octanol–water partition coefficient (Wildman–Crippen LogP) is 14.1. The van der Waals surface area contributed by atoms with Crippen molar-refractivity contribution in [3.8, 4) is 33.4 Å². The lowest BCUT2D eigenvalue weighted by Gasteiger charge is -2.61. The van der Waals surface area contributed by atoms with E-state index < -0.39 is 0 Å². The molecule has 14 rings (SSSR count). The molecule has 8 aromatic carbocycles. The van der Waals surface area contributed by atoms with Gasteiger partial charge in [-0.25, -0.2) is 0 Å². The predicted molar refractivity (Wildman–Crippen MR) is 220 cm³/mol. The number of para-hydroxylation sites is 1. The van der Waals surface area contributed by atoms with Crippen LogP contribution >= 0.6 is 0 Å². The van der Waals surface area contributed by atoms with Crippen LogP contribution in [0.3, 0.4) is 0 Å². The highest BCUT2D eigenvalue weighted by Gasteiger charge is 2.61. The quantitative estimate of drug-likeness (QED) is 0.166. The maximum atomic E-state index is 6.42. The highest BCUT2D eigenvalue weighted by molar-refractivity contribution is 6.25. The van der Waals surface area contributed by atoms with Gasteiger partial charge in [0.25, 0.3) is 0 Å². The van der Waals surface area contributed by atoms with E-state index in [1.807, 2.05) is 0 Å². The van der Waals surface area contributed by atoms with Gasteiger partial charge in [0.15, 0.2) is 0 Å². The molecule has 4 bridgehead atoms. The SMILES string of the molecule is c1ccc2c3c(ccc2c1)C1(c2cc(-c4c5ccccc5c(-c5cccc6oc7ccccc7c56)c5ccccc45)ccc2-3)C2CC3CC(C2)CC1C3. The Morgan fingerprint density at radius 1 is 0.415 bits per heavy atom. The molecule has 0 amide bonds.